The highest BCUT2D eigenvalue weighted by molar-refractivity contribution is 7.92. The van der Waals surface area contributed by atoms with E-state index in [9.17, 15) is 13.2 Å². The third-order valence-corrected chi connectivity index (χ3v) is 6.13. The van der Waals surface area contributed by atoms with E-state index in [4.69, 9.17) is 14.0 Å². The third kappa shape index (κ3) is 5.72. The summed E-state index contributed by atoms with van der Waals surface area (Å²) in [6.07, 6.45) is 3.73. The molecule has 3 aromatic rings. The van der Waals surface area contributed by atoms with Gasteiger partial charge in [-0.05, 0) is 42.8 Å². The SMILES string of the molecule is CCC(=O)Nc1c(C)noc1/C=C\c1ccc(S(=O)(=O)Nc2ccc(OC)cc2OC)cc1. The molecule has 0 unspecified atom stereocenters. The van der Waals surface area contributed by atoms with Crippen LogP contribution in [0.15, 0.2) is 51.9 Å². The van der Waals surface area contributed by atoms with Crippen LogP contribution in [-0.2, 0) is 14.8 Å². The molecule has 2 aromatic carbocycles. The smallest absolute Gasteiger partial charge is 0.262 e. The van der Waals surface area contributed by atoms with Crippen LogP contribution in [0.3, 0.4) is 0 Å². The number of amides is 1. The number of hydrogen-bond donors (Lipinski definition) is 2. The predicted octanol–water partition coefficient (Wildman–Crippen LogP) is 4.32. The number of hydrogen-bond acceptors (Lipinski definition) is 7. The molecule has 1 heterocycles. The van der Waals surface area contributed by atoms with Crippen molar-refractivity contribution in [3.05, 3.63) is 59.5 Å². The summed E-state index contributed by atoms with van der Waals surface area (Å²) in [5.74, 6) is 1.14. The maximum Gasteiger partial charge on any atom is 0.262 e. The Morgan fingerprint density at radius 1 is 1.09 bits per heavy atom. The molecule has 0 saturated carbocycles. The summed E-state index contributed by atoms with van der Waals surface area (Å²) in [4.78, 5) is 11.8. The van der Waals surface area contributed by atoms with Crippen LogP contribution >= 0.6 is 0 Å². The molecule has 0 bridgehead atoms. The van der Waals surface area contributed by atoms with Crippen LogP contribution in [0.5, 0.6) is 11.5 Å². The molecule has 0 aliphatic rings. The lowest BCUT2D eigenvalue weighted by molar-refractivity contribution is -0.115. The lowest BCUT2D eigenvalue weighted by Crippen LogP contribution is -2.13. The van der Waals surface area contributed by atoms with Crippen molar-refractivity contribution in [3.63, 3.8) is 0 Å². The average Bonchev–Trinajstić information content (AvgIpc) is 3.16. The summed E-state index contributed by atoms with van der Waals surface area (Å²) in [5, 5.41) is 6.64. The molecule has 33 heavy (non-hydrogen) atoms. The van der Waals surface area contributed by atoms with Gasteiger partial charge in [0.1, 0.15) is 22.9 Å². The highest BCUT2D eigenvalue weighted by Gasteiger charge is 2.17. The highest BCUT2D eigenvalue weighted by atomic mass is 32.2. The minimum atomic E-state index is -3.84. The fourth-order valence-electron chi connectivity index (χ4n) is 2.90. The summed E-state index contributed by atoms with van der Waals surface area (Å²) in [6.45, 7) is 3.49. The van der Waals surface area contributed by atoms with Gasteiger partial charge < -0.3 is 19.3 Å². The van der Waals surface area contributed by atoms with Crippen molar-refractivity contribution >= 4 is 39.5 Å². The first-order valence-electron chi connectivity index (χ1n) is 10.1. The van der Waals surface area contributed by atoms with Crippen LogP contribution in [-0.4, -0.2) is 33.7 Å². The van der Waals surface area contributed by atoms with Crippen molar-refractivity contribution in [2.24, 2.45) is 0 Å². The van der Waals surface area contributed by atoms with Gasteiger partial charge in [0.05, 0.1) is 24.8 Å². The predicted molar refractivity (Wildman–Crippen MR) is 126 cm³/mol. The number of carbonyl (C=O) groups is 1. The van der Waals surface area contributed by atoms with Gasteiger partial charge in [-0.2, -0.15) is 0 Å². The molecule has 0 atom stereocenters. The van der Waals surface area contributed by atoms with Crippen LogP contribution in [0.2, 0.25) is 0 Å². The van der Waals surface area contributed by atoms with E-state index in [1.807, 2.05) is 0 Å². The lowest BCUT2D eigenvalue weighted by Gasteiger charge is -2.13. The van der Waals surface area contributed by atoms with Gasteiger partial charge in [-0.25, -0.2) is 8.42 Å². The van der Waals surface area contributed by atoms with Gasteiger partial charge in [-0.15, -0.1) is 0 Å². The Kier molecular flexibility index (Phi) is 7.39. The summed E-state index contributed by atoms with van der Waals surface area (Å²) in [6, 6.07) is 11.1. The van der Waals surface area contributed by atoms with Gasteiger partial charge in [0, 0.05) is 12.5 Å². The Bertz CT molecular complexity index is 1260. The number of anilines is 2. The summed E-state index contributed by atoms with van der Waals surface area (Å²) in [7, 11) is -0.879. The Morgan fingerprint density at radius 3 is 2.45 bits per heavy atom. The zero-order chi connectivity index (χ0) is 24.0. The number of methoxy groups -OCH3 is 2. The van der Waals surface area contributed by atoms with Crippen molar-refractivity contribution in [3.8, 4) is 11.5 Å². The average molecular weight is 472 g/mol. The van der Waals surface area contributed by atoms with Crippen LogP contribution in [0.25, 0.3) is 12.2 Å². The molecule has 0 radical (unpaired) electrons. The quantitative estimate of drug-likeness (QED) is 0.477. The number of rotatable bonds is 9. The molecule has 10 heteroatoms. The molecule has 2 N–H and O–H groups in total. The summed E-state index contributed by atoms with van der Waals surface area (Å²) in [5.41, 5.74) is 2.11. The Hall–Kier alpha value is -3.79. The summed E-state index contributed by atoms with van der Waals surface area (Å²) >= 11 is 0. The molecule has 0 aliphatic carbocycles. The number of nitrogens with zero attached hydrogens (tertiary/aromatic N) is 1. The van der Waals surface area contributed by atoms with Crippen molar-refractivity contribution in [2.75, 3.05) is 24.3 Å². The molecule has 0 saturated heterocycles. The van der Waals surface area contributed by atoms with E-state index >= 15 is 0 Å². The number of ether oxygens (including phenoxy) is 2. The zero-order valence-corrected chi connectivity index (χ0v) is 19.5. The van der Waals surface area contributed by atoms with Crippen molar-refractivity contribution in [1.82, 2.24) is 5.16 Å². The molecule has 0 fully saturated rings. The summed E-state index contributed by atoms with van der Waals surface area (Å²) < 4.78 is 43.8. The molecule has 1 amide bonds. The Balaban J connectivity index is 1.77. The number of sulfonamides is 1. The van der Waals surface area contributed by atoms with E-state index in [1.54, 1.807) is 56.3 Å². The monoisotopic (exact) mass is 471 g/mol. The largest absolute Gasteiger partial charge is 0.497 e. The number of benzene rings is 2. The van der Waals surface area contributed by atoms with E-state index < -0.39 is 10.0 Å². The molecule has 174 valence electrons. The zero-order valence-electron chi connectivity index (χ0n) is 18.7. The maximum atomic E-state index is 12.8. The Labute approximate surface area is 192 Å². The first-order valence-corrected chi connectivity index (χ1v) is 11.5. The molecule has 0 spiro atoms. The number of aromatic nitrogens is 1. The van der Waals surface area contributed by atoms with E-state index in [0.29, 0.717) is 40.7 Å². The topological polar surface area (TPSA) is 120 Å². The second-order valence-electron chi connectivity index (χ2n) is 6.98. The normalized spacial score (nSPS) is 11.4. The van der Waals surface area contributed by atoms with Gasteiger partial charge in [-0.1, -0.05) is 30.3 Å². The van der Waals surface area contributed by atoms with E-state index in [1.165, 1.54) is 26.4 Å². The molecular weight excluding hydrogens is 446 g/mol. The van der Waals surface area contributed by atoms with Crippen LogP contribution < -0.4 is 19.5 Å². The van der Waals surface area contributed by atoms with Crippen LogP contribution in [0.4, 0.5) is 11.4 Å². The van der Waals surface area contributed by atoms with Crippen molar-refractivity contribution < 1.29 is 27.2 Å². The maximum absolute atomic E-state index is 12.8. The van der Waals surface area contributed by atoms with Crippen molar-refractivity contribution in [2.45, 2.75) is 25.2 Å². The third-order valence-electron chi connectivity index (χ3n) is 4.75. The highest BCUT2D eigenvalue weighted by Crippen LogP contribution is 2.31. The second-order valence-corrected chi connectivity index (χ2v) is 8.67. The first kappa shape index (κ1) is 23.9. The first-order chi connectivity index (χ1) is 15.8. The number of carbonyl (C=O) groups excluding carboxylic acids is 1. The minimum Gasteiger partial charge on any atom is -0.497 e. The minimum absolute atomic E-state index is 0.0870. The van der Waals surface area contributed by atoms with Gasteiger partial charge in [0.2, 0.25) is 5.91 Å². The molecule has 9 nitrogen and oxygen atoms in total. The van der Waals surface area contributed by atoms with Gasteiger partial charge in [0.25, 0.3) is 10.0 Å². The molecular formula is C23H25N3O6S. The fraction of sp³-hybridized carbons (Fsp3) is 0.217. The number of nitrogens with one attached hydrogen (secondary N) is 2. The van der Waals surface area contributed by atoms with Gasteiger partial charge in [0.15, 0.2) is 5.76 Å². The van der Waals surface area contributed by atoms with Gasteiger partial charge >= 0.3 is 0 Å². The second kappa shape index (κ2) is 10.2. The van der Waals surface area contributed by atoms with Crippen LogP contribution in [0.1, 0.15) is 30.4 Å². The Morgan fingerprint density at radius 2 is 1.82 bits per heavy atom. The molecule has 1 aromatic heterocycles. The standard InChI is InChI=1S/C23H25N3O6S/c1-5-22(27)24-23-15(2)25-32-20(23)13-8-16-6-10-18(11-7-16)33(28,29)26-19-12-9-17(30-3)14-21(19)31-4/h6-14,26H,5H2,1-4H3,(H,24,27)/b13-8-. The van der Waals surface area contributed by atoms with E-state index in [0.717, 1.165) is 5.56 Å². The number of aryl methyl sites for hydroxylation is 1. The van der Waals surface area contributed by atoms with Gasteiger partial charge in [-0.3, -0.25) is 9.52 Å². The van der Waals surface area contributed by atoms with Crippen molar-refractivity contribution in [1.29, 1.82) is 0 Å². The molecule has 0 aliphatic heterocycles. The molecule has 3 rings (SSSR count). The van der Waals surface area contributed by atoms with E-state index in [2.05, 4.69) is 15.2 Å². The van der Waals surface area contributed by atoms with E-state index in [-0.39, 0.29) is 10.8 Å². The fourth-order valence-corrected chi connectivity index (χ4v) is 3.97. The van der Waals surface area contributed by atoms with Crippen LogP contribution in [0, 0.1) is 6.92 Å². The lowest BCUT2D eigenvalue weighted by atomic mass is 10.2.